The van der Waals surface area contributed by atoms with Gasteiger partial charge >= 0.3 is 0 Å². The normalized spacial score (nSPS) is 10.5. The Labute approximate surface area is 112 Å². The molecular weight excluding hydrogens is 300 g/mol. The van der Waals surface area contributed by atoms with E-state index in [0.717, 1.165) is 5.69 Å². The van der Waals surface area contributed by atoms with Crippen molar-refractivity contribution >= 4 is 21.6 Å². The third kappa shape index (κ3) is 2.92. The number of hydrogen-bond donors (Lipinski definition) is 0. The first-order valence-corrected chi connectivity index (χ1v) is 6.50. The first-order valence-electron chi connectivity index (χ1n) is 5.38. The fraction of sp³-hybridized carbons (Fsp3) is 0.273. The Bertz CT molecular complexity index is 555. The molecule has 0 spiro atoms. The number of para-hydroxylation sites is 1. The molecule has 0 N–H and O–H groups in total. The summed E-state index contributed by atoms with van der Waals surface area (Å²) in [6.45, 7) is 0.574. The average Bonchev–Trinajstić information content (AvgIpc) is 2.84. The van der Waals surface area contributed by atoms with Gasteiger partial charge in [0, 0.05) is 29.7 Å². The summed E-state index contributed by atoms with van der Waals surface area (Å²) in [5, 5.41) is 19.4. The molecule has 0 aliphatic rings. The molecule has 0 bridgehead atoms. The van der Waals surface area contributed by atoms with Gasteiger partial charge in [0.1, 0.15) is 0 Å². The second kappa shape index (κ2) is 5.72. The van der Waals surface area contributed by atoms with E-state index < -0.39 is 0 Å². The van der Waals surface area contributed by atoms with Gasteiger partial charge in [0.05, 0.1) is 10.6 Å². The minimum Gasteiger partial charge on any atom is -0.258 e. The number of hydrogen-bond acceptors (Lipinski definition) is 4. The third-order valence-electron chi connectivity index (χ3n) is 2.52. The van der Waals surface area contributed by atoms with Gasteiger partial charge in [-0.3, -0.25) is 14.8 Å². The molecule has 1 heterocycles. The van der Waals surface area contributed by atoms with E-state index in [0.29, 0.717) is 23.9 Å². The molecule has 18 heavy (non-hydrogen) atoms. The Balaban J connectivity index is 2.08. The molecule has 0 saturated heterocycles. The van der Waals surface area contributed by atoms with E-state index in [1.807, 2.05) is 6.20 Å². The van der Waals surface area contributed by atoms with Crippen molar-refractivity contribution in [2.75, 3.05) is 0 Å². The molecule has 0 unspecified atom stereocenters. The van der Waals surface area contributed by atoms with Gasteiger partial charge in [-0.25, -0.2) is 0 Å². The zero-order valence-corrected chi connectivity index (χ0v) is 11.1. The van der Waals surface area contributed by atoms with Crippen LogP contribution < -0.4 is 0 Å². The highest BCUT2D eigenvalue weighted by Crippen LogP contribution is 2.18. The highest BCUT2D eigenvalue weighted by molar-refractivity contribution is 9.08. The topological polar surface area (TPSA) is 73.8 Å². The number of aromatic nitrogens is 3. The van der Waals surface area contributed by atoms with E-state index in [1.54, 1.807) is 22.9 Å². The van der Waals surface area contributed by atoms with Gasteiger partial charge in [-0.1, -0.05) is 39.3 Å². The molecule has 1 aromatic heterocycles. The summed E-state index contributed by atoms with van der Waals surface area (Å²) in [6, 6.07) is 6.74. The van der Waals surface area contributed by atoms with Crippen molar-refractivity contribution in [3.8, 4) is 0 Å². The summed E-state index contributed by atoms with van der Waals surface area (Å²) in [7, 11) is 0. The largest absolute Gasteiger partial charge is 0.272 e. The zero-order chi connectivity index (χ0) is 13.0. The Hall–Kier alpha value is -1.76. The van der Waals surface area contributed by atoms with Crippen LogP contribution in [0, 0.1) is 10.1 Å². The van der Waals surface area contributed by atoms with Crippen molar-refractivity contribution in [2.24, 2.45) is 0 Å². The van der Waals surface area contributed by atoms with Crippen molar-refractivity contribution in [1.29, 1.82) is 0 Å². The number of aryl methyl sites for hydroxylation is 2. The maximum atomic E-state index is 10.8. The first-order chi connectivity index (χ1) is 8.70. The Kier molecular flexibility index (Phi) is 4.03. The monoisotopic (exact) mass is 310 g/mol. The quantitative estimate of drug-likeness (QED) is 0.482. The van der Waals surface area contributed by atoms with E-state index in [4.69, 9.17) is 0 Å². The predicted octanol–water partition coefficient (Wildman–Crippen LogP) is 2.32. The predicted molar refractivity (Wildman–Crippen MR) is 69.5 cm³/mol. The van der Waals surface area contributed by atoms with E-state index in [2.05, 4.69) is 26.2 Å². The lowest BCUT2D eigenvalue weighted by atomic mass is 10.1. The van der Waals surface area contributed by atoms with Crippen LogP contribution in [0.1, 0.15) is 11.3 Å². The molecule has 0 fully saturated rings. The van der Waals surface area contributed by atoms with E-state index in [9.17, 15) is 10.1 Å². The molecule has 2 rings (SSSR count). The standard InChI is InChI=1S/C11H11BrN4O2/c12-7-10-8-15(14-13-10)6-5-9-3-1-2-4-11(9)16(17)18/h1-4,8H,5-7H2. The summed E-state index contributed by atoms with van der Waals surface area (Å²) in [5.41, 5.74) is 1.70. The van der Waals surface area contributed by atoms with E-state index >= 15 is 0 Å². The number of alkyl halides is 1. The van der Waals surface area contributed by atoms with Crippen LogP contribution in [0.3, 0.4) is 0 Å². The molecule has 0 amide bonds. The van der Waals surface area contributed by atoms with Crippen molar-refractivity contribution in [1.82, 2.24) is 15.0 Å². The summed E-state index contributed by atoms with van der Waals surface area (Å²) in [4.78, 5) is 10.5. The maximum absolute atomic E-state index is 10.8. The zero-order valence-electron chi connectivity index (χ0n) is 9.49. The number of nitro benzene ring substituents is 1. The number of nitro groups is 1. The molecular formula is C11H11BrN4O2. The molecule has 7 heteroatoms. The Morgan fingerprint density at radius 3 is 2.83 bits per heavy atom. The SMILES string of the molecule is O=[N+]([O-])c1ccccc1CCn1cc(CBr)nn1. The van der Waals surface area contributed by atoms with E-state index in [-0.39, 0.29) is 10.6 Å². The maximum Gasteiger partial charge on any atom is 0.272 e. The minimum atomic E-state index is -0.361. The first kappa shape index (κ1) is 12.7. The van der Waals surface area contributed by atoms with Gasteiger partial charge in [-0.05, 0) is 6.42 Å². The highest BCUT2D eigenvalue weighted by Gasteiger charge is 2.12. The van der Waals surface area contributed by atoms with Crippen LogP contribution in [0.4, 0.5) is 5.69 Å². The molecule has 0 aliphatic carbocycles. The fourth-order valence-electron chi connectivity index (χ4n) is 1.64. The summed E-state index contributed by atoms with van der Waals surface area (Å²) >= 11 is 3.29. The number of benzene rings is 1. The van der Waals surface area contributed by atoms with Crippen LogP contribution in [0.15, 0.2) is 30.5 Å². The second-order valence-corrected chi connectivity index (χ2v) is 4.30. The van der Waals surface area contributed by atoms with Crippen molar-refractivity contribution in [2.45, 2.75) is 18.3 Å². The molecule has 94 valence electrons. The molecule has 0 radical (unpaired) electrons. The van der Waals surface area contributed by atoms with Crippen LogP contribution in [-0.2, 0) is 18.3 Å². The number of nitrogens with zero attached hydrogens (tertiary/aromatic N) is 4. The van der Waals surface area contributed by atoms with Crippen LogP contribution in [0.2, 0.25) is 0 Å². The molecule has 0 atom stereocenters. The lowest BCUT2D eigenvalue weighted by Crippen LogP contribution is -2.04. The molecule has 6 nitrogen and oxygen atoms in total. The van der Waals surface area contributed by atoms with Crippen LogP contribution >= 0.6 is 15.9 Å². The van der Waals surface area contributed by atoms with Crippen LogP contribution in [-0.4, -0.2) is 19.9 Å². The van der Waals surface area contributed by atoms with Crippen molar-refractivity contribution in [3.05, 3.63) is 51.8 Å². The Morgan fingerprint density at radius 2 is 2.17 bits per heavy atom. The molecule has 0 saturated carbocycles. The summed E-state index contributed by atoms with van der Waals surface area (Å²) in [5.74, 6) is 0. The fourth-order valence-corrected chi connectivity index (χ4v) is 1.90. The van der Waals surface area contributed by atoms with Gasteiger partial charge in [0.2, 0.25) is 0 Å². The van der Waals surface area contributed by atoms with Gasteiger partial charge in [-0.2, -0.15) is 0 Å². The molecule has 2 aromatic rings. The second-order valence-electron chi connectivity index (χ2n) is 3.74. The van der Waals surface area contributed by atoms with Crippen molar-refractivity contribution < 1.29 is 4.92 Å². The minimum absolute atomic E-state index is 0.151. The molecule has 0 aliphatic heterocycles. The van der Waals surface area contributed by atoms with Gasteiger partial charge < -0.3 is 0 Å². The van der Waals surface area contributed by atoms with Gasteiger partial charge in [0.25, 0.3) is 5.69 Å². The highest BCUT2D eigenvalue weighted by atomic mass is 79.9. The van der Waals surface area contributed by atoms with E-state index in [1.165, 1.54) is 6.07 Å². The Morgan fingerprint density at radius 1 is 1.39 bits per heavy atom. The van der Waals surface area contributed by atoms with Gasteiger partial charge in [0.15, 0.2) is 0 Å². The molecule has 1 aromatic carbocycles. The summed E-state index contributed by atoms with van der Waals surface area (Å²) < 4.78 is 1.69. The lowest BCUT2D eigenvalue weighted by Gasteiger charge is -2.02. The smallest absolute Gasteiger partial charge is 0.258 e. The number of rotatable bonds is 5. The van der Waals surface area contributed by atoms with Gasteiger partial charge in [-0.15, -0.1) is 5.10 Å². The number of halogens is 1. The lowest BCUT2D eigenvalue weighted by molar-refractivity contribution is -0.385. The van der Waals surface area contributed by atoms with Crippen molar-refractivity contribution in [3.63, 3.8) is 0 Å². The van der Waals surface area contributed by atoms with Crippen LogP contribution in [0.5, 0.6) is 0 Å². The average molecular weight is 311 g/mol. The summed E-state index contributed by atoms with van der Waals surface area (Å²) in [6.07, 6.45) is 2.38. The van der Waals surface area contributed by atoms with Crippen LogP contribution in [0.25, 0.3) is 0 Å². The third-order valence-corrected chi connectivity index (χ3v) is 3.10.